The lowest BCUT2D eigenvalue weighted by atomic mass is 9.82. The maximum atomic E-state index is 9.26. The number of aryl methyl sites for hydroxylation is 1. The molecule has 0 spiro atoms. The number of hydrogen-bond acceptors (Lipinski definition) is 5. The second kappa shape index (κ2) is 4.10. The molecule has 5 nitrogen and oxygen atoms in total. The molecule has 3 N–H and O–H groups in total. The predicted molar refractivity (Wildman–Crippen MR) is 66.9 cm³/mol. The summed E-state index contributed by atoms with van der Waals surface area (Å²) in [5.41, 5.74) is 8.47. The Labute approximate surface area is 105 Å². The van der Waals surface area contributed by atoms with Gasteiger partial charge < -0.3 is 15.4 Å². The van der Waals surface area contributed by atoms with E-state index in [4.69, 9.17) is 10.3 Å². The summed E-state index contributed by atoms with van der Waals surface area (Å²) < 4.78 is 5.23. The molecule has 1 aliphatic rings. The Kier molecular flexibility index (Phi) is 2.56. The topological polar surface area (TPSA) is 85.2 Å². The predicted octanol–water partition coefficient (Wildman–Crippen LogP) is 1.87. The fourth-order valence-corrected chi connectivity index (χ4v) is 2.09. The summed E-state index contributed by atoms with van der Waals surface area (Å²) in [4.78, 5) is 4.36. The maximum Gasteiger partial charge on any atom is 0.230 e. The van der Waals surface area contributed by atoms with Crippen LogP contribution in [-0.4, -0.2) is 21.4 Å². The smallest absolute Gasteiger partial charge is 0.230 e. The zero-order valence-corrected chi connectivity index (χ0v) is 10.1. The highest BCUT2D eigenvalue weighted by Gasteiger charge is 2.33. The Morgan fingerprint density at radius 2 is 2.17 bits per heavy atom. The second-order valence-corrected chi connectivity index (χ2v) is 4.85. The zero-order chi connectivity index (χ0) is 12.7. The van der Waals surface area contributed by atoms with Crippen LogP contribution in [0.2, 0.25) is 0 Å². The van der Waals surface area contributed by atoms with Gasteiger partial charge in [0.15, 0.2) is 0 Å². The number of aliphatic hydroxyl groups excluding tert-OH is 1. The van der Waals surface area contributed by atoms with Crippen molar-refractivity contribution in [3.8, 4) is 11.4 Å². The molecule has 18 heavy (non-hydrogen) atoms. The second-order valence-electron chi connectivity index (χ2n) is 4.85. The van der Waals surface area contributed by atoms with Crippen molar-refractivity contribution in [1.82, 2.24) is 10.1 Å². The van der Waals surface area contributed by atoms with Gasteiger partial charge in [0, 0.05) is 17.2 Å². The molecule has 0 amide bonds. The number of nitrogens with zero attached hydrogens (tertiary/aromatic N) is 2. The normalized spacial score (nSPS) is 22.8. The lowest BCUT2D eigenvalue weighted by molar-refractivity contribution is 0.0625. The number of benzene rings is 1. The zero-order valence-electron chi connectivity index (χ0n) is 10.1. The summed E-state index contributed by atoms with van der Waals surface area (Å²) in [6.45, 7) is 1.95. The van der Waals surface area contributed by atoms with Gasteiger partial charge in [-0.15, -0.1) is 0 Å². The monoisotopic (exact) mass is 245 g/mol. The Hall–Kier alpha value is -1.88. The Morgan fingerprint density at radius 1 is 1.39 bits per heavy atom. The van der Waals surface area contributed by atoms with Gasteiger partial charge in [0.25, 0.3) is 0 Å². The van der Waals surface area contributed by atoms with Crippen LogP contribution in [0, 0.1) is 6.92 Å². The van der Waals surface area contributed by atoms with Gasteiger partial charge in [-0.3, -0.25) is 0 Å². The summed E-state index contributed by atoms with van der Waals surface area (Å²) in [5, 5.41) is 13.2. The van der Waals surface area contributed by atoms with Crippen molar-refractivity contribution in [1.29, 1.82) is 0 Å². The minimum Gasteiger partial charge on any atom is -0.398 e. The number of nitrogens with two attached hydrogens (primary N) is 1. The standard InChI is InChI=1S/C13H15N3O2/c1-7-2-3-8(6-11(7)14)12-15-13(18-16-12)9-4-10(17)5-9/h2-3,6,9-10,17H,4-5,14H2,1H3. The molecule has 2 aromatic rings. The van der Waals surface area contributed by atoms with Gasteiger partial charge in [0.1, 0.15) is 0 Å². The van der Waals surface area contributed by atoms with E-state index in [1.807, 2.05) is 25.1 Å². The molecule has 1 fully saturated rings. The van der Waals surface area contributed by atoms with E-state index in [1.165, 1.54) is 0 Å². The van der Waals surface area contributed by atoms with Gasteiger partial charge >= 0.3 is 0 Å². The molecule has 1 heterocycles. The number of aromatic nitrogens is 2. The highest BCUT2D eigenvalue weighted by atomic mass is 16.5. The summed E-state index contributed by atoms with van der Waals surface area (Å²) in [5.74, 6) is 1.36. The van der Waals surface area contributed by atoms with E-state index in [0.29, 0.717) is 24.6 Å². The van der Waals surface area contributed by atoms with E-state index >= 15 is 0 Å². The van der Waals surface area contributed by atoms with Crippen molar-refractivity contribution in [3.63, 3.8) is 0 Å². The van der Waals surface area contributed by atoms with Crippen LogP contribution in [0.3, 0.4) is 0 Å². The molecule has 1 saturated carbocycles. The number of rotatable bonds is 2. The number of hydrogen-bond donors (Lipinski definition) is 2. The van der Waals surface area contributed by atoms with E-state index in [2.05, 4.69) is 10.1 Å². The molecule has 1 aliphatic carbocycles. The van der Waals surface area contributed by atoms with Crippen molar-refractivity contribution in [2.45, 2.75) is 31.8 Å². The number of anilines is 1. The van der Waals surface area contributed by atoms with Gasteiger partial charge in [0.2, 0.25) is 11.7 Å². The van der Waals surface area contributed by atoms with E-state index in [1.54, 1.807) is 0 Å². The van der Waals surface area contributed by atoms with Crippen LogP contribution in [0.1, 0.15) is 30.2 Å². The van der Waals surface area contributed by atoms with Gasteiger partial charge in [-0.2, -0.15) is 4.98 Å². The molecule has 5 heteroatoms. The fourth-order valence-electron chi connectivity index (χ4n) is 2.09. The molecule has 0 bridgehead atoms. The van der Waals surface area contributed by atoms with Crippen molar-refractivity contribution >= 4 is 5.69 Å². The van der Waals surface area contributed by atoms with Gasteiger partial charge in [-0.25, -0.2) is 0 Å². The maximum absolute atomic E-state index is 9.26. The molecule has 0 unspecified atom stereocenters. The summed E-state index contributed by atoms with van der Waals surface area (Å²) in [6, 6.07) is 5.71. The van der Waals surface area contributed by atoms with Gasteiger partial charge in [0.05, 0.1) is 6.10 Å². The summed E-state index contributed by atoms with van der Waals surface area (Å²) >= 11 is 0. The molecule has 94 valence electrons. The van der Waals surface area contributed by atoms with Crippen molar-refractivity contribution < 1.29 is 9.63 Å². The van der Waals surface area contributed by atoms with Crippen LogP contribution >= 0.6 is 0 Å². The number of nitrogen functional groups attached to an aromatic ring is 1. The third-order valence-electron chi connectivity index (χ3n) is 3.44. The highest BCUT2D eigenvalue weighted by Crippen LogP contribution is 2.36. The summed E-state index contributed by atoms with van der Waals surface area (Å²) in [6.07, 6.45) is 1.19. The Bertz CT molecular complexity index is 573. The van der Waals surface area contributed by atoms with Crippen LogP contribution < -0.4 is 5.73 Å². The lowest BCUT2D eigenvalue weighted by Gasteiger charge is -2.27. The lowest BCUT2D eigenvalue weighted by Crippen LogP contribution is -2.26. The Balaban J connectivity index is 1.86. The highest BCUT2D eigenvalue weighted by molar-refractivity contribution is 5.63. The molecule has 0 atom stereocenters. The van der Waals surface area contributed by atoms with Crippen molar-refractivity contribution in [3.05, 3.63) is 29.7 Å². The average molecular weight is 245 g/mol. The molecule has 0 aliphatic heterocycles. The van der Waals surface area contributed by atoms with Crippen LogP contribution in [0.5, 0.6) is 0 Å². The molecule has 1 aromatic heterocycles. The molecule has 3 rings (SSSR count). The molecular weight excluding hydrogens is 230 g/mol. The van der Waals surface area contributed by atoms with Crippen molar-refractivity contribution in [2.75, 3.05) is 5.73 Å². The SMILES string of the molecule is Cc1ccc(-c2noc(C3CC(O)C3)n2)cc1N. The first-order valence-corrected chi connectivity index (χ1v) is 6.01. The first kappa shape index (κ1) is 11.2. The quantitative estimate of drug-likeness (QED) is 0.789. The minimum absolute atomic E-state index is 0.198. The van der Waals surface area contributed by atoms with Gasteiger partial charge in [-0.1, -0.05) is 17.3 Å². The fraction of sp³-hybridized carbons (Fsp3) is 0.385. The van der Waals surface area contributed by atoms with Crippen LogP contribution in [-0.2, 0) is 0 Å². The first-order valence-electron chi connectivity index (χ1n) is 6.01. The third-order valence-corrected chi connectivity index (χ3v) is 3.44. The van der Waals surface area contributed by atoms with E-state index in [9.17, 15) is 5.11 Å². The summed E-state index contributed by atoms with van der Waals surface area (Å²) in [7, 11) is 0. The molecule has 1 aromatic carbocycles. The number of aliphatic hydroxyl groups is 1. The molecular formula is C13H15N3O2. The molecule has 0 saturated heterocycles. The average Bonchev–Trinajstić information content (AvgIpc) is 2.78. The third kappa shape index (κ3) is 1.86. The minimum atomic E-state index is -0.222. The first-order chi connectivity index (χ1) is 8.63. The van der Waals surface area contributed by atoms with E-state index in [-0.39, 0.29) is 12.0 Å². The van der Waals surface area contributed by atoms with Crippen LogP contribution in [0.25, 0.3) is 11.4 Å². The Morgan fingerprint density at radius 3 is 2.83 bits per heavy atom. The van der Waals surface area contributed by atoms with Crippen LogP contribution in [0.15, 0.2) is 22.7 Å². The largest absolute Gasteiger partial charge is 0.398 e. The molecule has 0 radical (unpaired) electrons. The van der Waals surface area contributed by atoms with E-state index in [0.717, 1.165) is 16.8 Å². The van der Waals surface area contributed by atoms with Gasteiger partial charge in [-0.05, 0) is 31.4 Å². The van der Waals surface area contributed by atoms with Crippen LogP contribution in [0.4, 0.5) is 5.69 Å². The van der Waals surface area contributed by atoms with Crippen molar-refractivity contribution in [2.24, 2.45) is 0 Å². The van der Waals surface area contributed by atoms with E-state index < -0.39 is 0 Å².